The lowest BCUT2D eigenvalue weighted by molar-refractivity contribution is -0.161. The summed E-state index contributed by atoms with van der Waals surface area (Å²) in [5.41, 5.74) is 0. The van der Waals surface area contributed by atoms with Crippen molar-refractivity contribution in [3.05, 3.63) is 0 Å². The molecule has 97 heavy (non-hydrogen) atoms. The number of rotatable bonds is 78. The number of ether oxygens (including phenoxy) is 4. The average Bonchev–Trinajstić information content (AvgIpc) is 3.65. The Kier molecular flexibility index (Phi) is 69.6. The van der Waals surface area contributed by atoms with E-state index in [2.05, 4.69) is 34.6 Å². The van der Waals surface area contributed by atoms with Gasteiger partial charge >= 0.3 is 39.5 Å². The molecule has 576 valence electrons. The van der Waals surface area contributed by atoms with Gasteiger partial charge in [-0.25, -0.2) is 9.13 Å². The molecule has 0 aromatic rings. The highest BCUT2D eigenvalue weighted by atomic mass is 31.2. The quantitative estimate of drug-likeness (QED) is 0.0222. The van der Waals surface area contributed by atoms with Crippen molar-refractivity contribution in [1.82, 2.24) is 0 Å². The van der Waals surface area contributed by atoms with Crippen LogP contribution in [0.4, 0.5) is 0 Å². The number of hydrogen-bond donors (Lipinski definition) is 3. The summed E-state index contributed by atoms with van der Waals surface area (Å²) in [6, 6.07) is 0. The number of carbonyl (C=O) groups is 4. The van der Waals surface area contributed by atoms with Gasteiger partial charge in [0.1, 0.15) is 19.3 Å². The fraction of sp³-hybridized carbons (Fsp3) is 0.949. The molecule has 0 saturated heterocycles. The Labute approximate surface area is 594 Å². The summed E-state index contributed by atoms with van der Waals surface area (Å²) in [7, 11) is -9.91. The number of unbranched alkanes of at least 4 members (excludes halogenated alkanes) is 49. The number of esters is 4. The Hall–Kier alpha value is -1.94. The molecule has 6 atom stereocenters. The average molecular weight is 1420 g/mol. The minimum atomic E-state index is -4.96. The normalized spacial score (nSPS) is 14.2. The van der Waals surface area contributed by atoms with E-state index in [1.165, 1.54) is 238 Å². The van der Waals surface area contributed by atoms with E-state index in [9.17, 15) is 43.2 Å². The van der Waals surface area contributed by atoms with Gasteiger partial charge in [0, 0.05) is 25.7 Å². The van der Waals surface area contributed by atoms with E-state index in [1.807, 2.05) is 0 Å². The molecule has 0 rings (SSSR count). The van der Waals surface area contributed by atoms with Gasteiger partial charge in [-0.1, -0.05) is 362 Å². The second kappa shape index (κ2) is 71.1. The van der Waals surface area contributed by atoms with Crippen molar-refractivity contribution >= 4 is 39.5 Å². The van der Waals surface area contributed by atoms with Crippen LogP contribution in [0.25, 0.3) is 0 Å². The van der Waals surface area contributed by atoms with E-state index in [1.54, 1.807) is 0 Å². The summed E-state index contributed by atoms with van der Waals surface area (Å²) < 4.78 is 68.5. The van der Waals surface area contributed by atoms with Gasteiger partial charge in [0.15, 0.2) is 12.2 Å². The van der Waals surface area contributed by atoms with Crippen molar-refractivity contribution < 1.29 is 80.2 Å². The van der Waals surface area contributed by atoms with Gasteiger partial charge in [-0.15, -0.1) is 0 Å². The van der Waals surface area contributed by atoms with Crippen molar-refractivity contribution in [3.8, 4) is 0 Å². The first kappa shape index (κ1) is 95.1. The first-order chi connectivity index (χ1) is 47.1. The van der Waals surface area contributed by atoms with Crippen LogP contribution in [0, 0.1) is 5.92 Å². The maximum Gasteiger partial charge on any atom is 0.472 e. The number of aliphatic hydroxyl groups is 1. The summed E-state index contributed by atoms with van der Waals surface area (Å²) in [4.78, 5) is 72.8. The van der Waals surface area contributed by atoms with Crippen molar-refractivity contribution in [2.45, 2.75) is 432 Å². The summed E-state index contributed by atoms with van der Waals surface area (Å²) in [5.74, 6) is -1.34. The van der Waals surface area contributed by atoms with Crippen LogP contribution in [0.5, 0.6) is 0 Å². The molecule has 0 amide bonds. The van der Waals surface area contributed by atoms with E-state index in [4.69, 9.17) is 37.0 Å². The lowest BCUT2D eigenvalue weighted by Gasteiger charge is -2.21. The highest BCUT2D eigenvalue weighted by Crippen LogP contribution is 2.45. The van der Waals surface area contributed by atoms with E-state index in [0.717, 1.165) is 95.8 Å². The molecule has 0 aromatic carbocycles. The summed E-state index contributed by atoms with van der Waals surface area (Å²) in [6.07, 6.45) is 61.1. The monoisotopic (exact) mass is 1420 g/mol. The summed E-state index contributed by atoms with van der Waals surface area (Å²) in [5, 5.41) is 10.6. The number of phosphoric acid groups is 2. The third kappa shape index (κ3) is 70.9. The van der Waals surface area contributed by atoms with E-state index >= 15 is 0 Å². The van der Waals surface area contributed by atoms with Crippen LogP contribution >= 0.6 is 15.6 Å². The molecular weight excluding hydrogens is 1270 g/mol. The smallest absolute Gasteiger partial charge is 0.462 e. The standard InChI is InChI=1S/C78H152O17P2/c1-6-10-13-16-19-22-24-26-28-29-30-31-32-33-35-37-39-42-48-53-58-63-77(82)94-73(68-89-76(81)62-57-52-47-41-38-36-34-27-25-23-20-17-14-11-7-2)69-92-96(84,85)90-65-72(79)66-91-97(86,87)93-70-74(67-88-75(80)61-56-51-46-40-21-18-15-12-8-3)95-78(83)64-59-54-49-44-43-45-50-55-60-71(5)9-4/h71-74,79H,6-70H2,1-5H3,(H,84,85)(H,86,87)/t71?,72-,73-,74-/m1/s1. The van der Waals surface area contributed by atoms with E-state index in [-0.39, 0.29) is 25.7 Å². The number of carbonyl (C=O) groups excluding carboxylic acids is 4. The predicted octanol–water partition coefficient (Wildman–Crippen LogP) is 23.3. The molecule has 0 aliphatic carbocycles. The molecule has 0 spiro atoms. The summed E-state index contributed by atoms with van der Waals surface area (Å²) >= 11 is 0. The third-order valence-electron chi connectivity index (χ3n) is 18.6. The van der Waals surface area contributed by atoms with Crippen molar-refractivity contribution in [2.75, 3.05) is 39.6 Å². The second-order valence-electron chi connectivity index (χ2n) is 28.3. The van der Waals surface area contributed by atoms with Gasteiger partial charge in [-0.2, -0.15) is 0 Å². The van der Waals surface area contributed by atoms with Crippen LogP contribution in [-0.4, -0.2) is 96.7 Å². The molecule has 0 saturated carbocycles. The highest BCUT2D eigenvalue weighted by Gasteiger charge is 2.30. The minimum absolute atomic E-state index is 0.105. The van der Waals surface area contributed by atoms with Crippen molar-refractivity contribution in [1.29, 1.82) is 0 Å². The number of aliphatic hydroxyl groups excluding tert-OH is 1. The largest absolute Gasteiger partial charge is 0.472 e. The molecule has 0 aliphatic heterocycles. The molecule has 0 heterocycles. The molecule has 0 fully saturated rings. The van der Waals surface area contributed by atoms with Gasteiger partial charge in [-0.05, 0) is 31.6 Å². The third-order valence-corrected chi connectivity index (χ3v) is 20.5. The van der Waals surface area contributed by atoms with Gasteiger partial charge in [0.2, 0.25) is 0 Å². The zero-order chi connectivity index (χ0) is 71.2. The fourth-order valence-corrected chi connectivity index (χ4v) is 13.6. The van der Waals surface area contributed by atoms with Gasteiger partial charge in [-0.3, -0.25) is 37.3 Å². The Bertz CT molecular complexity index is 1860. The van der Waals surface area contributed by atoms with Crippen LogP contribution in [-0.2, 0) is 65.4 Å². The molecule has 0 radical (unpaired) electrons. The second-order valence-corrected chi connectivity index (χ2v) is 31.3. The Balaban J connectivity index is 5.20. The topological polar surface area (TPSA) is 237 Å². The molecule has 0 aliphatic rings. The Morgan fingerprint density at radius 1 is 0.289 bits per heavy atom. The van der Waals surface area contributed by atoms with Crippen LogP contribution in [0.3, 0.4) is 0 Å². The van der Waals surface area contributed by atoms with Gasteiger partial charge in [0.05, 0.1) is 26.4 Å². The maximum absolute atomic E-state index is 13.1. The number of hydrogen-bond acceptors (Lipinski definition) is 15. The SMILES string of the molecule is CCCCCCCCCCCCCCCCCCCCCCCC(=O)O[C@H](COC(=O)CCCCCCCCCCCCCCCCC)COP(=O)(O)OC[C@@H](O)COP(=O)(O)OC[C@@H](COC(=O)CCCCCCCCCCC)OC(=O)CCCCCCCCCCC(C)CC. The lowest BCUT2D eigenvalue weighted by atomic mass is 9.99. The molecule has 0 bridgehead atoms. The van der Waals surface area contributed by atoms with E-state index in [0.29, 0.717) is 25.7 Å². The Morgan fingerprint density at radius 2 is 0.495 bits per heavy atom. The molecule has 0 aromatic heterocycles. The van der Waals surface area contributed by atoms with Crippen LogP contribution in [0.1, 0.15) is 413 Å². The zero-order valence-electron chi connectivity index (χ0n) is 63.2. The van der Waals surface area contributed by atoms with Crippen molar-refractivity contribution in [3.63, 3.8) is 0 Å². The Morgan fingerprint density at radius 3 is 0.732 bits per heavy atom. The summed E-state index contributed by atoms with van der Waals surface area (Å²) in [6.45, 7) is 7.28. The molecule has 3 unspecified atom stereocenters. The molecular formula is C78H152O17P2. The van der Waals surface area contributed by atoms with Crippen LogP contribution in [0.15, 0.2) is 0 Å². The minimum Gasteiger partial charge on any atom is -0.462 e. The molecule has 19 heteroatoms. The first-order valence-corrected chi connectivity index (χ1v) is 43.7. The van der Waals surface area contributed by atoms with Crippen LogP contribution in [0.2, 0.25) is 0 Å². The number of phosphoric ester groups is 2. The van der Waals surface area contributed by atoms with Crippen molar-refractivity contribution in [2.24, 2.45) is 5.92 Å². The predicted molar refractivity (Wildman–Crippen MR) is 395 cm³/mol. The molecule has 17 nitrogen and oxygen atoms in total. The highest BCUT2D eigenvalue weighted by molar-refractivity contribution is 7.47. The molecule has 3 N–H and O–H groups in total. The first-order valence-electron chi connectivity index (χ1n) is 40.7. The maximum atomic E-state index is 13.1. The van der Waals surface area contributed by atoms with Gasteiger partial charge in [0.25, 0.3) is 0 Å². The fourth-order valence-electron chi connectivity index (χ4n) is 12.0. The van der Waals surface area contributed by atoms with E-state index < -0.39 is 97.5 Å². The lowest BCUT2D eigenvalue weighted by Crippen LogP contribution is -2.30. The zero-order valence-corrected chi connectivity index (χ0v) is 65.0. The van der Waals surface area contributed by atoms with Crippen LogP contribution < -0.4 is 0 Å². The van der Waals surface area contributed by atoms with Gasteiger partial charge < -0.3 is 33.8 Å².